The number of nitrogens with two attached hydrogens (primary N) is 1. The lowest BCUT2D eigenvalue weighted by molar-refractivity contribution is -0.134. The van der Waals surface area contributed by atoms with Crippen molar-refractivity contribution in [1.82, 2.24) is 5.32 Å². The van der Waals surface area contributed by atoms with Gasteiger partial charge in [0, 0.05) is 30.8 Å². The molecule has 1 aliphatic rings. The smallest absolute Gasteiger partial charge is 0.221 e. The fourth-order valence-corrected chi connectivity index (χ4v) is 2.79. The van der Waals surface area contributed by atoms with E-state index in [1.165, 1.54) is 13.8 Å². The van der Waals surface area contributed by atoms with Crippen LogP contribution >= 0.6 is 0 Å². The summed E-state index contributed by atoms with van der Waals surface area (Å²) >= 11 is 0. The number of carbonyl (C=O) groups excluding carboxylic acids is 3. The molecule has 5 nitrogen and oxygen atoms in total. The molecule has 5 heteroatoms. The molecule has 1 rings (SSSR count). The van der Waals surface area contributed by atoms with Gasteiger partial charge in [0.1, 0.15) is 11.6 Å². The van der Waals surface area contributed by atoms with Crippen molar-refractivity contribution < 1.29 is 14.4 Å². The van der Waals surface area contributed by atoms with Gasteiger partial charge in [-0.1, -0.05) is 6.42 Å². The van der Waals surface area contributed by atoms with Gasteiger partial charge in [0.05, 0.1) is 0 Å². The van der Waals surface area contributed by atoms with Gasteiger partial charge in [0.15, 0.2) is 0 Å². The number of hydrogen-bond acceptors (Lipinski definition) is 4. The standard InChI is InChI=1S/C13H22N2O3/c1-8(16)10-4-3-5-11(13(10)9(2)17)15-12(18)6-7-14/h10-11,13H,3-7,14H2,1-2H3,(H,15,18). The number of ketones is 2. The Hall–Kier alpha value is -1.23. The van der Waals surface area contributed by atoms with E-state index >= 15 is 0 Å². The molecule has 0 saturated heterocycles. The van der Waals surface area contributed by atoms with Crippen molar-refractivity contribution in [3.05, 3.63) is 0 Å². The Kier molecular flexibility index (Phi) is 5.47. The van der Waals surface area contributed by atoms with Gasteiger partial charge in [-0.15, -0.1) is 0 Å². The molecule has 18 heavy (non-hydrogen) atoms. The number of rotatable bonds is 5. The highest BCUT2D eigenvalue weighted by molar-refractivity contribution is 5.89. The molecular weight excluding hydrogens is 232 g/mol. The Morgan fingerprint density at radius 3 is 2.33 bits per heavy atom. The molecular formula is C13H22N2O3. The Morgan fingerprint density at radius 2 is 1.83 bits per heavy atom. The summed E-state index contributed by atoms with van der Waals surface area (Å²) in [5.41, 5.74) is 5.32. The molecule has 0 spiro atoms. The van der Waals surface area contributed by atoms with E-state index in [0.717, 1.165) is 19.3 Å². The average molecular weight is 254 g/mol. The van der Waals surface area contributed by atoms with Crippen LogP contribution in [0, 0.1) is 11.8 Å². The Morgan fingerprint density at radius 1 is 1.17 bits per heavy atom. The fourth-order valence-electron chi connectivity index (χ4n) is 2.79. The van der Waals surface area contributed by atoms with Crippen molar-refractivity contribution in [2.24, 2.45) is 17.6 Å². The maximum Gasteiger partial charge on any atom is 0.221 e. The summed E-state index contributed by atoms with van der Waals surface area (Å²) < 4.78 is 0. The van der Waals surface area contributed by atoms with Crippen molar-refractivity contribution >= 4 is 17.5 Å². The molecule has 3 N–H and O–H groups in total. The molecule has 0 aromatic heterocycles. The van der Waals surface area contributed by atoms with E-state index in [-0.39, 0.29) is 41.8 Å². The van der Waals surface area contributed by atoms with Crippen molar-refractivity contribution in [2.45, 2.75) is 45.6 Å². The van der Waals surface area contributed by atoms with E-state index in [4.69, 9.17) is 5.73 Å². The Bertz CT molecular complexity index is 341. The second-order valence-electron chi connectivity index (χ2n) is 5.00. The number of hydrogen-bond donors (Lipinski definition) is 2. The molecule has 0 heterocycles. The monoisotopic (exact) mass is 254 g/mol. The van der Waals surface area contributed by atoms with Crippen molar-refractivity contribution in [1.29, 1.82) is 0 Å². The number of nitrogens with one attached hydrogen (secondary N) is 1. The first-order valence-electron chi connectivity index (χ1n) is 6.47. The van der Waals surface area contributed by atoms with Gasteiger partial charge in [-0.3, -0.25) is 14.4 Å². The Labute approximate surface area is 107 Å². The molecule has 1 aliphatic carbocycles. The van der Waals surface area contributed by atoms with Crippen LogP contribution in [0.15, 0.2) is 0 Å². The zero-order valence-electron chi connectivity index (χ0n) is 11.1. The van der Waals surface area contributed by atoms with Crippen LogP contribution in [0.4, 0.5) is 0 Å². The molecule has 0 aromatic rings. The van der Waals surface area contributed by atoms with Crippen LogP contribution in [0.5, 0.6) is 0 Å². The summed E-state index contributed by atoms with van der Waals surface area (Å²) in [6.07, 6.45) is 2.61. The summed E-state index contributed by atoms with van der Waals surface area (Å²) in [6, 6.07) is -0.218. The van der Waals surface area contributed by atoms with E-state index in [1.54, 1.807) is 0 Å². The predicted molar refractivity (Wildman–Crippen MR) is 67.8 cm³/mol. The minimum atomic E-state index is -0.377. The fraction of sp³-hybridized carbons (Fsp3) is 0.769. The summed E-state index contributed by atoms with van der Waals surface area (Å²) in [6.45, 7) is 3.30. The van der Waals surface area contributed by atoms with Crippen LogP contribution in [0.2, 0.25) is 0 Å². The lowest BCUT2D eigenvalue weighted by Crippen LogP contribution is -2.49. The van der Waals surface area contributed by atoms with Crippen LogP contribution in [0.1, 0.15) is 39.5 Å². The van der Waals surface area contributed by atoms with E-state index in [0.29, 0.717) is 6.54 Å². The number of Topliss-reactive ketones (excluding diaryl/α,β-unsaturated/α-hetero) is 2. The minimum absolute atomic E-state index is 0.0204. The minimum Gasteiger partial charge on any atom is -0.353 e. The third-order valence-corrected chi connectivity index (χ3v) is 3.61. The van der Waals surface area contributed by atoms with E-state index in [9.17, 15) is 14.4 Å². The molecule has 102 valence electrons. The molecule has 0 bridgehead atoms. The van der Waals surface area contributed by atoms with Crippen LogP contribution in [-0.4, -0.2) is 30.1 Å². The average Bonchev–Trinajstić information content (AvgIpc) is 2.28. The SMILES string of the molecule is CC(=O)C1CCCC(NC(=O)CCN)C1C(C)=O. The molecule has 0 radical (unpaired) electrons. The van der Waals surface area contributed by atoms with Gasteiger partial charge < -0.3 is 11.1 Å². The largest absolute Gasteiger partial charge is 0.353 e. The first kappa shape index (κ1) is 14.8. The third kappa shape index (κ3) is 3.63. The first-order valence-corrected chi connectivity index (χ1v) is 6.47. The molecule has 1 amide bonds. The molecule has 3 atom stereocenters. The molecule has 1 saturated carbocycles. The van der Waals surface area contributed by atoms with Crippen molar-refractivity contribution in [3.8, 4) is 0 Å². The van der Waals surface area contributed by atoms with Crippen molar-refractivity contribution in [2.75, 3.05) is 6.54 Å². The van der Waals surface area contributed by atoms with Gasteiger partial charge >= 0.3 is 0 Å². The van der Waals surface area contributed by atoms with Gasteiger partial charge in [-0.2, -0.15) is 0 Å². The van der Waals surface area contributed by atoms with Crippen LogP contribution in [-0.2, 0) is 14.4 Å². The highest BCUT2D eigenvalue weighted by atomic mass is 16.2. The zero-order chi connectivity index (χ0) is 13.7. The second-order valence-corrected chi connectivity index (χ2v) is 5.00. The van der Waals surface area contributed by atoms with Gasteiger partial charge in [0.2, 0.25) is 5.91 Å². The highest BCUT2D eigenvalue weighted by Gasteiger charge is 2.39. The lowest BCUT2D eigenvalue weighted by Gasteiger charge is -2.35. The molecule has 0 aromatic carbocycles. The zero-order valence-corrected chi connectivity index (χ0v) is 11.1. The van der Waals surface area contributed by atoms with Crippen molar-refractivity contribution in [3.63, 3.8) is 0 Å². The van der Waals surface area contributed by atoms with Gasteiger partial charge in [-0.05, 0) is 26.7 Å². The quantitative estimate of drug-likeness (QED) is 0.744. The maximum atomic E-state index is 11.7. The predicted octanol–water partition coefficient (Wildman–Crippen LogP) is 0.414. The lowest BCUT2D eigenvalue weighted by atomic mass is 9.72. The van der Waals surface area contributed by atoms with Crippen LogP contribution in [0.3, 0.4) is 0 Å². The van der Waals surface area contributed by atoms with Gasteiger partial charge in [-0.25, -0.2) is 0 Å². The first-order chi connectivity index (χ1) is 8.47. The summed E-state index contributed by atoms with van der Waals surface area (Å²) in [4.78, 5) is 34.9. The Balaban J connectivity index is 2.77. The van der Waals surface area contributed by atoms with Gasteiger partial charge in [0.25, 0.3) is 0 Å². The summed E-state index contributed by atoms with van der Waals surface area (Å²) in [5, 5.41) is 2.84. The van der Waals surface area contributed by atoms with Crippen LogP contribution < -0.4 is 11.1 Å². The summed E-state index contributed by atoms with van der Waals surface area (Å²) in [7, 11) is 0. The van der Waals surface area contributed by atoms with E-state index in [1.807, 2.05) is 0 Å². The van der Waals surface area contributed by atoms with Crippen LogP contribution in [0.25, 0.3) is 0 Å². The van der Waals surface area contributed by atoms with E-state index < -0.39 is 0 Å². The summed E-state index contributed by atoms with van der Waals surface area (Å²) in [5.74, 6) is -0.753. The number of amides is 1. The number of carbonyl (C=O) groups is 3. The maximum absolute atomic E-state index is 11.7. The third-order valence-electron chi connectivity index (χ3n) is 3.61. The highest BCUT2D eigenvalue weighted by Crippen LogP contribution is 2.31. The topological polar surface area (TPSA) is 89.3 Å². The molecule has 1 fully saturated rings. The normalized spacial score (nSPS) is 27.6. The second kappa shape index (κ2) is 6.64. The molecule has 3 unspecified atom stereocenters. The van der Waals surface area contributed by atoms with E-state index in [2.05, 4.69) is 5.32 Å². The molecule has 0 aliphatic heterocycles.